The molecular weight excluding hydrogens is 338 g/mol. The van der Waals surface area contributed by atoms with E-state index in [0.29, 0.717) is 25.9 Å². The standard InChI is InChI=1S/C22H23N3O2/c1-16-6-2-3-7-17(16)10-11-20(26)25-14-12-22(13-15-25)18-8-4-5-9-19(18)23-21(27)24-22/h2-11H,12-15H2,1H3,(H2,23,24,27)/b11-10+. The highest BCUT2D eigenvalue weighted by atomic mass is 16.2. The summed E-state index contributed by atoms with van der Waals surface area (Å²) in [5, 5.41) is 5.97. The summed E-state index contributed by atoms with van der Waals surface area (Å²) in [6.45, 7) is 3.27. The Morgan fingerprint density at radius 1 is 1.07 bits per heavy atom. The molecule has 0 aliphatic carbocycles. The number of nitrogens with zero attached hydrogens (tertiary/aromatic N) is 1. The summed E-state index contributed by atoms with van der Waals surface area (Å²) >= 11 is 0. The van der Waals surface area contributed by atoms with E-state index >= 15 is 0 Å². The Hall–Kier alpha value is -3.08. The van der Waals surface area contributed by atoms with Gasteiger partial charge < -0.3 is 15.5 Å². The van der Waals surface area contributed by atoms with E-state index in [1.54, 1.807) is 6.08 Å². The highest BCUT2D eigenvalue weighted by Gasteiger charge is 2.42. The largest absolute Gasteiger partial charge is 0.339 e. The number of amides is 3. The monoisotopic (exact) mass is 361 g/mol. The second-order valence-electron chi connectivity index (χ2n) is 7.22. The van der Waals surface area contributed by atoms with Gasteiger partial charge in [-0.15, -0.1) is 0 Å². The van der Waals surface area contributed by atoms with Crippen molar-refractivity contribution in [1.29, 1.82) is 0 Å². The Labute approximate surface area is 159 Å². The molecule has 1 fully saturated rings. The number of piperidine rings is 1. The van der Waals surface area contributed by atoms with Crippen LogP contribution in [0.25, 0.3) is 6.08 Å². The molecule has 2 aliphatic heterocycles. The van der Waals surface area contributed by atoms with Crippen LogP contribution >= 0.6 is 0 Å². The van der Waals surface area contributed by atoms with Crippen molar-refractivity contribution in [1.82, 2.24) is 10.2 Å². The average Bonchev–Trinajstić information content (AvgIpc) is 2.67. The number of carbonyl (C=O) groups is 2. The number of benzene rings is 2. The molecule has 0 bridgehead atoms. The first kappa shape index (κ1) is 17.3. The molecular formula is C22H23N3O2. The Morgan fingerprint density at radius 2 is 1.78 bits per heavy atom. The van der Waals surface area contributed by atoms with E-state index in [1.165, 1.54) is 0 Å². The van der Waals surface area contributed by atoms with Gasteiger partial charge in [0.2, 0.25) is 5.91 Å². The normalized spacial score (nSPS) is 18.1. The molecule has 0 saturated carbocycles. The number of carbonyl (C=O) groups excluding carboxylic acids is 2. The van der Waals surface area contributed by atoms with Crippen LogP contribution < -0.4 is 10.6 Å². The van der Waals surface area contributed by atoms with Crippen LogP contribution in [0.3, 0.4) is 0 Å². The zero-order chi connectivity index (χ0) is 18.9. The fourth-order valence-electron chi connectivity index (χ4n) is 3.99. The fourth-order valence-corrected chi connectivity index (χ4v) is 3.99. The summed E-state index contributed by atoms with van der Waals surface area (Å²) in [5.74, 6) is 0.0154. The van der Waals surface area contributed by atoms with Crippen molar-refractivity contribution < 1.29 is 9.59 Å². The van der Waals surface area contributed by atoms with Gasteiger partial charge in [-0.2, -0.15) is 0 Å². The molecule has 0 radical (unpaired) electrons. The molecule has 2 heterocycles. The van der Waals surface area contributed by atoms with Gasteiger partial charge in [0.1, 0.15) is 0 Å². The highest BCUT2D eigenvalue weighted by Crippen LogP contribution is 2.39. The number of anilines is 1. The summed E-state index contributed by atoms with van der Waals surface area (Å²) in [7, 11) is 0. The zero-order valence-electron chi connectivity index (χ0n) is 15.4. The van der Waals surface area contributed by atoms with Crippen LogP contribution in [0, 0.1) is 6.92 Å². The Bertz CT molecular complexity index is 911. The van der Waals surface area contributed by atoms with Crippen molar-refractivity contribution >= 4 is 23.7 Å². The molecule has 0 unspecified atom stereocenters. The number of nitrogens with one attached hydrogen (secondary N) is 2. The van der Waals surface area contributed by atoms with Crippen molar-refractivity contribution in [3.63, 3.8) is 0 Å². The smallest absolute Gasteiger partial charge is 0.319 e. The van der Waals surface area contributed by atoms with Gasteiger partial charge in [0.15, 0.2) is 0 Å². The molecule has 2 aromatic carbocycles. The van der Waals surface area contributed by atoms with Gasteiger partial charge >= 0.3 is 6.03 Å². The molecule has 1 spiro atoms. The van der Waals surface area contributed by atoms with Crippen LogP contribution in [0.4, 0.5) is 10.5 Å². The molecule has 2 N–H and O–H groups in total. The molecule has 0 atom stereocenters. The lowest BCUT2D eigenvalue weighted by Crippen LogP contribution is -2.57. The van der Waals surface area contributed by atoms with E-state index in [1.807, 2.05) is 60.4 Å². The van der Waals surface area contributed by atoms with Crippen molar-refractivity contribution in [3.8, 4) is 0 Å². The predicted molar refractivity (Wildman–Crippen MR) is 106 cm³/mol. The highest BCUT2D eigenvalue weighted by molar-refractivity contribution is 5.94. The second-order valence-corrected chi connectivity index (χ2v) is 7.22. The van der Waals surface area contributed by atoms with Crippen molar-refractivity contribution in [3.05, 3.63) is 71.3 Å². The minimum absolute atomic E-state index is 0.0154. The third-order valence-corrected chi connectivity index (χ3v) is 5.57. The van der Waals surface area contributed by atoms with Crippen LogP contribution in [0.5, 0.6) is 0 Å². The van der Waals surface area contributed by atoms with E-state index < -0.39 is 5.54 Å². The Balaban J connectivity index is 1.47. The van der Waals surface area contributed by atoms with E-state index in [-0.39, 0.29) is 11.9 Å². The van der Waals surface area contributed by atoms with Gasteiger partial charge in [0, 0.05) is 30.4 Å². The lowest BCUT2D eigenvalue weighted by Gasteiger charge is -2.45. The lowest BCUT2D eigenvalue weighted by atomic mass is 9.79. The first-order valence-electron chi connectivity index (χ1n) is 9.29. The van der Waals surface area contributed by atoms with Gasteiger partial charge in [0.05, 0.1) is 5.54 Å². The molecule has 1 saturated heterocycles. The van der Waals surface area contributed by atoms with Crippen LogP contribution in [0.1, 0.15) is 29.5 Å². The van der Waals surface area contributed by atoms with Gasteiger partial charge in [-0.1, -0.05) is 42.5 Å². The number of fused-ring (bicyclic) bond motifs is 2. The minimum Gasteiger partial charge on any atom is -0.339 e. The summed E-state index contributed by atoms with van der Waals surface area (Å²) in [6.07, 6.45) is 4.95. The number of para-hydroxylation sites is 1. The zero-order valence-corrected chi connectivity index (χ0v) is 15.4. The number of rotatable bonds is 2. The van der Waals surface area contributed by atoms with Crippen molar-refractivity contribution in [2.75, 3.05) is 18.4 Å². The number of hydrogen-bond acceptors (Lipinski definition) is 2. The van der Waals surface area contributed by atoms with Gasteiger partial charge in [-0.3, -0.25) is 4.79 Å². The van der Waals surface area contributed by atoms with Gasteiger partial charge in [-0.25, -0.2) is 4.79 Å². The van der Waals surface area contributed by atoms with Crippen LogP contribution in [0.15, 0.2) is 54.6 Å². The van der Waals surface area contributed by atoms with Crippen molar-refractivity contribution in [2.24, 2.45) is 0 Å². The maximum Gasteiger partial charge on any atom is 0.319 e. The summed E-state index contributed by atoms with van der Waals surface area (Å²) in [4.78, 5) is 26.6. The van der Waals surface area contributed by atoms with E-state index in [4.69, 9.17) is 0 Å². The molecule has 0 aromatic heterocycles. The minimum atomic E-state index is -0.393. The van der Waals surface area contributed by atoms with Gasteiger partial charge in [0.25, 0.3) is 0 Å². The van der Waals surface area contributed by atoms with Crippen molar-refractivity contribution in [2.45, 2.75) is 25.3 Å². The van der Waals surface area contributed by atoms with Crippen LogP contribution in [0.2, 0.25) is 0 Å². The maximum atomic E-state index is 12.6. The number of hydrogen-bond donors (Lipinski definition) is 2. The quantitative estimate of drug-likeness (QED) is 0.802. The topological polar surface area (TPSA) is 61.4 Å². The Morgan fingerprint density at radius 3 is 2.56 bits per heavy atom. The molecule has 138 valence electrons. The predicted octanol–water partition coefficient (Wildman–Crippen LogP) is 3.66. The average molecular weight is 361 g/mol. The fraction of sp³-hybridized carbons (Fsp3) is 0.273. The maximum absolute atomic E-state index is 12.6. The molecule has 5 heteroatoms. The second kappa shape index (κ2) is 6.91. The third-order valence-electron chi connectivity index (χ3n) is 5.57. The first-order chi connectivity index (χ1) is 13.1. The first-order valence-corrected chi connectivity index (χ1v) is 9.29. The van der Waals surface area contributed by atoms with Crippen LogP contribution in [-0.2, 0) is 10.3 Å². The van der Waals surface area contributed by atoms with E-state index in [9.17, 15) is 9.59 Å². The summed E-state index contributed by atoms with van der Waals surface area (Å²) < 4.78 is 0. The Kier molecular flexibility index (Phi) is 4.44. The third kappa shape index (κ3) is 3.33. The molecule has 4 rings (SSSR count). The summed E-state index contributed by atoms with van der Waals surface area (Å²) in [6, 6.07) is 15.7. The molecule has 5 nitrogen and oxygen atoms in total. The van der Waals surface area contributed by atoms with E-state index in [0.717, 1.165) is 22.4 Å². The summed E-state index contributed by atoms with van der Waals surface area (Å²) in [5.41, 5.74) is 3.77. The number of likely N-dealkylation sites (tertiary alicyclic amines) is 1. The lowest BCUT2D eigenvalue weighted by molar-refractivity contribution is -0.127. The molecule has 2 aromatic rings. The van der Waals surface area contributed by atoms with Crippen LogP contribution in [-0.4, -0.2) is 29.9 Å². The number of aryl methyl sites for hydroxylation is 1. The van der Waals surface area contributed by atoms with Gasteiger partial charge in [-0.05, 0) is 43.0 Å². The molecule has 27 heavy (non-hydrogen) atoms. The van der Waals surface area contributed by atoms with E-state index in [2.05, 4.69) is 16.7 Å². The molecule has 3 amide bonds. The number of urea groups is 1. The SMILES string of the molecule is Cc1ccccc1/C=C/C(=O)N1CCC2(CC1)NC(=O)Nc1ccccc12. The molecule has 2 aliphatic rings.